The van der Waals surface area contributed by atoms with Gasteiger partial charge in [0.2, 0.25) is 0 Å². The van der Waals surface area contributed by atoms with Gasteiger partial charge in [-0.25, -0.2) is 4.79 Å². The number of carbonyl (C=O) groups is 1. The summed E-state index contributed by atoms with van der Waals surface area (Å²) in [6, 6.07) is 5.84. The summed E-state index contributed by atoms with van der Waals surface area (Å²) in [5.41, 5.74) is 4.41. The largest absolute Gasteiger partial charge is 0.462 e. The van der Waals surface area contributed by atoms with Crippen LogP contribution in [-0.4, -0.2) is 12.6 Å². The van der Waals surface area contributed by atoms with Gasteiger partial charge in [-0.1, -0.05) is 28.8 Å². The molecule has 0 aliphatic heterocycles. The molecule has 0 amide bonds. The molecule has 0 atom stereocenters. The van der Waals surface area contributed by atoms with Crippen molar-refractivity contribution in [3.63, 3.8) is 0 Å². The van der Waals surface area contributed by atoms with E-state index in [1.54, 1.807) is 5.57 Å². The van der Waals surface area contributed by atoms with Crippen LogP contribution in [0.2, 0.25) is 0 Å². The van der Waals surface area contributed by atoms with Crippen molar-refractivity contribution >= 4 is 5.97 Å². The standard InChI is InChI=1S/C18H24O2/c1-14-11-15(2)13-17(12-14)18(19)20-10-6-9-16-7-4-3-5-8-16/h7,11-13H,3-6,8-10H2,1-2H3. The highest BCUT2D eigenvalue weighted by atomic mass is 16.5. The molecule has 2 rings (SSSR count). The minimum atomic E-state index is -0.200. The molecule has 1 aromatic carbocycles. The summed E-state index contributed by atoms with van der Waals surface area (Å²) in [7, 11) is 0. The van der Waals surface area contributed by atoms with Crippen LogP contribution in [0.1, 0.15) is 60.0 Å². The van der Waals surface area contributed by atoms with E-state index in [4.69, 9.17) is 4.74 Å². The van der Waals surface area contributed by atoms with E-state index in [-0.39, 0.29) is 5.97 Å². The van der Waals surface area contributed by atoms with Gasteiger partial charge in [0.15, 0.2) is 0 Å². The molecule has 20 heavy (non-hydrogen) atoms. The van der Waals surface area contributed by atoms with E-state index in [9.17, 15) is 4.79 Å². The molecule has 108 valence electrons. The van der Waals surface area contributed by atoms with Crippen LogP contribution < -0.4 is 0 Å². The Morgan fingerprint density at radius 3 is 2.55 bits per heavy atom. The molecule has 0 bridgehead atoms. The fourth-order valence-corrected chi connectivity index (χ4v) is 2.77. The number of benzene rings is 1. The van der Waals surface area contributed by atoms with Gasteiger partial charge in [0.1, 0.15) is 0 Å². The van der Waals surface area contributed by atoms with Crippen molar-refractivity contribution in [1.82, 2.24) is 0 Å². The summed E-state index contributed by atoms with van der Waals surface area (Å²) in [5, 5.41) is 0. The highest BCUT2D eigenvalue weighted by molar-refractivity contribution is 5.89. The molecule has 0 fully saturated rings. The molecule has 0 heterocycles. The fourth-order valence-electron chi connectivity index (χ4n) is 2.77. The molecular weight excluding hydrogens is 248 g/mol. The molecule has 1 aliphatic carbocycles. The average molecular weight is 272 g/mol. The monoisotopic (exact) mass is 272 g/mol. The quantitative estimate of drug-likeness (QED) is 0.439. The van der Waals surface area contributed by atoms with E-state index < -0.39 is 0 Å². The van der Waals surface area contributed by atoms with Crippen LogP contribution in [0.3, 0.4) is 0 Å². The van der Waals surface area contributed by atoms with Crippen molar-refractivity contribution in [3.8, 4) is 0 Å². The first kappa shape index (κ1) is 14.8. The molecule has 0 aromatic heterocycles. The number of hydrogen-bond acceptors (Lipinski definition) is 2. The first-order valence-corrected chi connectivity index (χ1v) is 7.58. The third-order valence-electron chi connectivity index (χ3n) is 3.72. The van der Waals surface area contributed by atoms with Gasteiger partial charge in [0, 0.05) is 0 Å². The Labute approximate surface area is 121 Å². The summed E-state index contributed by atoms with van der Waals surface area (Å²) in [6.07, 6.45) is 9.44. The van der Waals surface area contributed by atoms with E-state index in [0.29, 0.717) is 12.2 Å². The van der Waals surface area contributed by atoms with Gasteiger partial charge in [-0.05, 0) is 64.5 Å². The lowest BCUT2D eigenvalue weighted by Gasteiger charge is -2.12. The van der Waals surface area contributed by atoms with Crippen LogP contribution in [-0.2, 0) is 4.74 Å². The summed E-state index contributed by atoms with van der Waals surface area (Å²) in [4.78, 5) is 12.0. The number of aryl methyl sites for hydroxylation is 2. The lowest BCUT2D eigenvalue weighted by atomic mass is 9.96. The topological polar surface area (TPSA) is 26.3 Å². The van der Waals surface area contributed by atoms with E-state index in [1.165, 1.54) is 25.7 Å². The Balaban J connectivity index is 1.76. The minimum Gasteiger partial charge on any atom is -0.462 e. The SMILES string of the molecule is Cc1cc(C)cc(C(=O)OCCCC2=CCCCC2)c1. The molecule has 0 saturated carbocycles. The van der Waals surface area contributed by atoms with Crippen molar-refractivity contribution in [1.29, 1.82) is 0 Å². The molecular formula is C18H24O2. The zero-order chi connectivity index (χ0) is 14.4. The molecule has 0 spiro atoms. The van der Waals surface area contributed by atoms with Crippen molar-refractivity contribution in [2.45, 2.75) is 52.4 Å². The highest BCUT2D eigenvalue weighted by Crippen LogP contribution is 2.21. The number of hydrogen-bond donors (Lipinski definition) is 0. The first-order valence-electron chi connectivity index (χ1n) is 7.58. The number of carbonyl (C=O) groups excluding carboxylic acids is 1. The second kappa shape index (κ2) is 7.28. The predicted molar refractivity (Wildman–Crippen MR) is 82.0 cm³/mol. The van der Waals surface area contributed by atoms with E-state index in [2.05, 4.69) is 12.1 Å². The number of ether oxygens (including phenoxy) is 1. The third kappa shape index (κ3) is 4.52. The van der Waals surface area contributed by atoms with E-state index in [1.807, 2.05) is 26.0 Å². The molecule has 0 saturated heterocycles. The minimum absolute atomic E-state index is 0.200. The average Bonchev–Trinajstić information content (AvgIpc) is 2.43. The van der Waals surface area contributed by atoms with Gasteiger partial charge in [-0.15, -0.1) is 0 Å². The molecule has 2 heteroatoms. The van der Waals surface area contributed by atoms with Crippen molar-refractivity contribution in [2.75, 3.05) is 6.61 Å². The molecule has 1 aliphatic rings. The Morgan fingerprint density at radius 1 is 1.15 bits per heavy atom. The van der Waals surface area contributed by atoms with Crippen LogP contribution in [0.15, 0.2) is 29.8 Å². The number of rotatable bonds is 5. The second-order valence-electron chi connectivity index (χ2n) is 5.72. The van der Waals surface area contributed by atoms with E-state index in [0.717, 1.165) is 24.0 Å². The van der Waals surface area contributed by atoms with Crippen LogP contribution in [0.4, 0.5) is 0 Å². The van der Waals surface area contributed by atoms with Gasteiger partial charge in [-0.3, -0.25) is 0 Å². The van der Waals surface area contributed by atoms with Crippen LogP contribution in [0.5, 0.6) is 0 Å². The molecule has 0 unspecified atom stereocenters. The van der Waals surface area contributed by atoms with Crippen LogP contribution in [0, 0.1) is 13.8 Å². The van der Waals surface area contributed by atoms with Gasteiger partial charge < -0.3 is 4.74 Å². The van der Waals surface area contributed by atoms with Gasteiger partial charge in [0.25, 0.3) is 0 Å². The third-order valence-corrected chi connectivity index (χ3v) is 3.72. The fraction of sp³-hybridized carbons (Fsp3) is 0.500. The van der Waals surface area contributed by atoms with Gasteiger partial charge >= 0.3 is 5.97 Å². The van der Waals surface area contributed by atoms with Crippen LogP contribution >= 0.6 is 0 Å². The lowest BCUT2D eigenvalue weighted by molar-refractivity contribution is 0.0500. The normalized spacial score (nSPS) is 14.8. The van der Waals surface area contributed by atoms with E-state index >= 15 is 0 Å². The molecule has 0 radical (unpaired) electrons. The zero-order valence-electron chi connectivity index (χ0n) is 12.6. The second-order valence-corrected chi connectivity index (χ2v) is 5.72. The smallest absolute Gasteiger partial charge is 0.338 e. The van der Waals surface area contributed by atoms with Crippen molar-refractivity contribution in [3.05, 3.63) is 46.5 Å². The zero-order valence-corrected chi connectivity index (χ0v) is 12.6. The Kier molecular flexibility index (Phi) is 5.40. The lowest BCUT2D eigenvalue weighted by Crippen LogP contribution is -2.07. The Bertz CT molecular complexity index is 480. The number of esters is 1. The predicted octanol–water partition coefficient (Wildman–Crippen LogP) is 4.74. The maximum Gasteiger partial charge on any atom is 0.338 e. The maximum atomic E-state index is 12.0. The summed E-state index contributed by atoms with van der Waals surface area (Å²) in [5.74, 6) is -0.200. The molecule has 2 nitrogen and oxygen atoms in total. The Hall–Kier alpha value is -1.57. The Morgan fingerprint density at radius 2 is 1.90 bits per heavy atom. The number of allylic oxidation sites excluding steroid dienone is 2. The molecule has 1 aromatic rings. The highest BCUT2D eigenvalue weighted by Gasteiger charge is 2.09. The maximum absolute atomic E-state index is 12.0. The van der Waals surface area contributed by atoms with Gasteiger partial charge in [-0.2, -0.15) is 0 Å². The molecule has 0 N–H and O–H groups in total. The van der Waals surface area contributed by atoms with Gasteiger partial charge in [0.05, 0.1) is 12.2 Å². The summed E-state index contributed by atoms with van der Waals surface area (Å²) >= 11 is 0. The van der Waals surface area contributed by atoms with Crippen molar-refractivity contribution in [2.24, 2.45) is 0 Å². The first-order chi connectivity index (χ1) is 9.65. The van der Waals surface area contributed by atoms with Crippen molar-refractivity contribution < 1.29 is 9.53 Å². The summed E-state index contributed by atoms with van der Waals surface area (Å²) in [6.45, 7) is 4.52. The summed E-state index contributed by atoms with van der Waals surface area (Å²) < 4.78 is 5.36. The van der Waals surface area contributed by atoms with Crippen LogP contribution in [0.25, 0.3) is 0 Å².